The van der Waals surface area contributed by atoms with E-state index in [0.717, 1.165) is 20.0 Å². The smallest absolute Gasteiger partial charge is 0.302 e. The molecule has 0 amide bonds. The first-order valence-electron chi connectivity index (χ1n) is 8.33. The highest BCUT2D eigenvalue weighted by molar-refractivity contribution is 14.1. The molecule has 1 fully saturated rings. The molecule has 0 saturated carbocycles. The van der Waals surface area contributed by atoms with Crippen molar-refractivity contribution in [2.45, 2.75) is 18.9 Å². The first-order chi connectivity index (χ1) is 13.2. The van der Waals surface area contributed by atoms with Crippen molar-refractivity contribution in [3.8, 4) is 0 Å². The van der Waals surface area contributed by atoms with Crippen LogP contribution >= 0.6 is 34.2 Å². The summed E-state index contributed by atoms with van der Waals surface area (Å²) in [5, 5.41) is 12.3. The van der Waals surface area contributed by atoms with E-state index in [-0.39, 0.29) is 29.5 Å². The van der Waals surface area contributed by atoms with Gasteiger partial charge in [-0.05, 0) is 65.8 Å². The van der Waals surface area contributed by atoms with Crippen LogP contribution in [-0.2, 0) is 10.2 Å². The van der Waals surface area contributed by atoms with Crippen LogP contribution in [0.5, 0.6) is 0 Å². The lowest BCUT2D eigenvalue weighted by Crippen LogP contribution is -2.41. The maximum absolute atomic E-state index is 14.5. The number of benzene rings is 2. The van der Waals surface area contributed by atoms with Crippen molar-refractivity contribution >= 4 is 61.5 Å². The number of aliphatic hydroxyl groups excluding tert-OH is 1. The molecule has 1 heterocycles. The fourth-order valence-corrected chi connectivity index (χ4v) is 5.39. The molecule has 6 nitrogen and oxygen atoms in total. The molecule has 0 aliphatic carbocycles. The number of halogens is 4. The molecule has 1 aliphatic rings. The largest absolute Gasteiger partial charge is 0.395 e. The van der Waals surface area contributed by atoms with Crippen LogP contribution in [0.1, 0.15) is 12.8 Å². The fourth-order valence-electron chi connectivity index (χ4n) is 2.99. The van der Waals surface area contributed by atoms with Crippen LogP contribution in [0.4, 0.5) is 25.8 Å². The van der Waals surface area contributed by atoms with Crippen LogP contribution in [-0.4, -0.2) is 37.0 Å². The van der Waals surface area contributed by atoms with Gasteiger partial charge in [-0.3, -0.25) is 4.72 Å². The van der Waals surface area contributed by atoms with Gasteiger partial charge in [-0.25, -0.2) is 8.78 Å². The van der Waals surface area contributed by atoms with E-state index in [1.807, 2.05) is 0 Å². The third-order valence-corrected chi connectivity index (χ3v) is 6.93. The lowest BCUT2D eigenvalue weighted by Gasteiger charge is -2.24. The molecule has 28 heavy (non-hydrogen) atoms. The zero-order valence-corrected chi connectivity index (χ0v) is 18.2. The van der Waals surface area contributed by atoms with Crippen molar-refractivity contribution < 1.29 is 22.3 Å². The van der Waals surface area contributed by atoms with Crippen molar-refractivity contribution in [3.63, 3.8) is 0 Å². The molecule has 152 valence electrons. The standard InChI is InChI=1S/C17H17ClF2IN3O3S/c18-12-8-10(21)3-5-14(12)22-17-15(6-4-13(19)16(17)20)23-28(26,27)24-7-1-2-11(24)9-25/h3-6,8,11,22-23,25H,1-2,7,9H2/t11-/m0/s1. The van der Waals surface area contributed by atoms with Gasteiger partial charge >= 0.3 is 10.2 Å². The molecule has 2 aromatic carbocycles. The van der Waals surface area contributed by atoms with Crippen LogP contribution in [0.3, 0.4) is 0 Å². The Morgan fingerprint density at radius 2 is 1.96 bits per heavy atom. The highest BCUT2D eigenvalue weighted by Gasteiger charge is 2.34. The molecule has 0 bridgehead atoms. The molecule has 2 aromatic rings. The quantitative estimate of drug-likeness (QED) is 0.480. The third kappa shape index (κ3) is 4.51. The molecule has 0 unspecified atom stereocenters. The summed E-state index contributed by atoms with van der Waals surface area (Å²) in [4.78, 5) is 0. The lowest BCUT2D eigenvalue weighted by molar-refractivity contribution is 0.214. The van der Waals surface area contributed by atoms with E-state index >= 15 is 0 Å². The van der Waals surface area contributed by atoms with Gasteiger partial charge in [0.2, 0.25) is 0 Å². The van der Waals surface area contributed by atoms with Crippen molar-refractivity contribution in [2.75, 3.05) is 23.2 Å². The monoisotopic (exact) mass is 543 g/mol. The Morgan fingerprint density at radius 3 is 2.64 bits per heavy atom. The number of nitrogens with one attached hydrogen (secondary N) is 2. The predicted molar refractivity (Wildman–Crippen MR) is 113 cm³/mol. The Morgan fingerprint density at radius 1 is 1.25 bits per heavy atom. The summed E-state index contributed by atoms with van der Waals surface area (Å²) in [6.45, 7) is -0.0853. The molecular formula is C17H17ClF2IN3O3S. The SMILES string of the molecule is O=S(=O)(Nc1ccc(F)c(F)c1Nc1ccc(I)cc1Cl)N1CCC[C@H]1CO. The Bertz CT molecular complexity index is 994. The molecule has 3 rings (SSSR count). The molecule has 1 saturated heterocycles. The maximum Gasteiger partial charge on any atom is 0.302 e. The first kappa shape index (κ1) is 21.5. The Labute approximate surface area is 180 Å². The summed E-state index contributed by atoms with van der Waals surface area (Å²) in [6, 6.07) is 6.33. The molecule has 1 atom stereocenters. The Kier molecular flexibility index (Phi) is 6.65. The van der Waals surface area contributed by atoms with Crippen molar-refractivity contribution in [2.24, 2.45) is 0 Å². The van der Waals surface area contributed by atoms with Gasteiger partial charge in [0.05, 0.1) is 23.0 Å². The van der Waals surface area contributed by atoms with E-state index < -0.39 is 27.9 Å². The van der Waals surface area contributed by atoms with Crippen molar-refractivity contribution in [3.05, 3.63) is 50.6 Å². The van der Waals surface area contributed by atoms with E-state index in [9.17, 15) is 22.3 Å². The lowest BCUT2D eigenvalue weighted by atomic mass is 10.2. The number of nitrogens with zero attached hydrogens (tertiary/aromatic N) is 1. The average molecular weight is 544 g/mol. The number of aliphatic hydroxyl groups is 1. The predicted octanol–water partition coefficient (Wildman–Crippen LogP) is 4.08. The van der Waals surface area contributed by atoms with Gasteiger partial charge in [0.15, 0.2) is 11.6 Å². The highest BCUT2D eigenvalue weighted by Crippen LogP contribution is 2.35. The fraction of sp³-hybridized carbons (Fsp3) is 0.294. The van der Waals surface area contributed by atoms with Crippen molar-refractivity contribution in [1.29, 1.82) is 0 Å². The van der Waals surface area contributed by atoms with Gasteiger partial charge in [0.1, 0.15) is 5.69 Å². The Balaban J connectivity index is 1.96. The molecule has 0 aromatic heterocycles. The van der Waals surface area contributed by atoms with Crippen LogP contribution in [0.25, 0.3) is 0 Å². The minimum atomic E-state index is -4.08. The second-order valence-corrected chi connectivity index (χ2v) is 9.51. The zero-order chi connectivity index (χ0) is 20.5. The second-order valence-electron chi connectivity index (χ2n) is 6.23. The number of anilines is 3. The minimum absolute atomic E-state index is 0.169. The van der Waals surface area contributed by atoms with E-state index in [1.165, 1.54) is 0 Å². The van der Waals surface area contributed by atoms with Gasteiger partial charge < -0.3 is 10.4 Å². The average Bonchev–Trinajstić information content (AvgIpc) is 3.13. The van der Waals surface area contributed by atoms with Crippen LogP contribution in [0.15, 0.2) is 30.3 Å². The van der Waals surface area contributed by atoms with Gasteiger partial charge in [0.25, 0.3) is 0 Å². The summed E-state index contributed by atoms with van der Waals surface area (Å²) in [5.74, 6) is -2.38. The second kappa shape index (κ2) is 8.66. The summed E-state index contributed by atoms with van der Waals surface area (Å²) >= 11 is 8.19. The number of hydrogen-bond acceptors (Lipinski definition) is 4. The van der Waals surface area contributed by atoms with Gasteiger partial charge in [-0.15, -0.1) is 0 Å². The summed E-state index contributed by atoms with van der Waals surface area (Å²) in [7, 11) is -4.08. The van der Waals surface area contributed by atoms with Crippen LogP contribution in [0, 0.1) is 15.2 Å². The number of hydrogen-bond donors (Lipinski definition) is 3. The van der Waals surface area contributed by atoms with E-state index in [2.05, 4.69) is 32.6 Å². The van der Waals surface area contributed by atoms with E-state index in [4.69, 9.17) is 11.6 Å². The molecule has 0 radical (unpaired) electrons. The molecular weight excluding hydrogens is 527 g/mol. The maximum atomic E-state index is 14.5. The summed E-state index contributed by atoms with van der Waals surface area (Å²) in [6.07, 6.45) is 1.13. The van der Waals surface area contributed by atoms with Gasteiger partial charge in [0, 0.05) is 16.2 Å². The van der Waals surface area contributed by atoms with E-state index in [1.54, 1.807) is 18.2 Å². The van der Waals surface area contributed by atoms with E-state index in [0.29, 0.717) is 18.5 Å². The van der Waals surface area contributed by atoms with Crippen LogP contribution < -0.4 is 10.0 Å². The highest BCUT2D eigenvalue weighted by atomic mass is 127. The zero-order valence-electron chi connectivity index (χ0n) is 14.4. The van der Waals surface area contributed by atoms with Gasteiger partial charge in [-0.1, -0.05) is 11.6 Å². The molecule has 3 N–H and O–H groups in total. The van der Waals surface area contributed by atoms with Crippen LogP contribution in [0.2, 0.25) is 5.02 Å². The van der Waals surface area contributed by atoms with Crippen molar-refractivity contribution in [1.82, 2.24) is 4.31 Å². The molecule has 1 aliphatic heterocycles. The van der Waals surface area contributed by atoms with Gasteiger partial charge in [-0.2, -0.15) is 12.7 Å². The normalized spacial score (nSPS) is 17.7. The molecule has 11 heteroatoms. The Hall–Kier alpha value is -1.21. The topological polar surface area (TPSA) is 81.7 Å². The molecule has 0 spiro atoms. The summed E-state index contributed by atoms with van der Waals surface area (Å²) < 4.78 is 58.0. The first-order valence-corrected chi connectivity index (χ1v) is 11.2. The third-order valence-electron chi connectivity index (χ3n) is 4.37. The minimum Gasteiger partial charge on any atom is -0.395 e. The summed E-state index contributed by atoms with van der Waals surface area (Å²) in [5.41, 5.74) is -0.259. The number of rotatable bonds is 6.